The lowest BCUT2D eigenvalue weighted by Crippen LogP contribution is -2.42. The summed E-state index contributed by atoms with van der Waals surface area (Å²) < 4.78 is 0. The smallest absolute Gasteiger partial charge is 0.319 e. The van der Waals surface area contributed by atoms with Gasteiger partial charge in [0.15, 0.2) is 0 Å². The lowest BCUT2D eigenvalue weighted by atomic mass is 10.00. The molecule has 3 N–H and O–H groups in total. The third kappa shape index (κ3) is 4.17. The maximum atomic E-state index is 12.7. The maximum Gasteiger partial charge on any atom is 0.319 e. The molecule has 0 atom stereocenters. The summed E-state index contributed by atoms with van der Waals surface area (Å²) in [7, 11) is 0. The Bertz CT molecular complexity index is 925. The van der Waals surface area contributed by atoms with Crippen LogP contribution in [0, 0.1) is 0 Å². The first-order valence-electron chi connectivity index (χ1n) is 10.0. The molecule has 0 radical (unpaired) electrons. The fraction of sp³-hybridized carbons (Fsp3) is 0.364. The Labute approximate surface area is 175 Å². The number of fused-ring (bicyclic) bond motifs is 1. The van der Waals surface area contributed by atoms with Gasteiger partial charge in [-0.1, -0.05) is 29.8 Å². The molecule has 0 saturated carbocycles. The molecule has 29 heavy (non-hydrogen) atoms. The number of anilines is 2. The number of primary amides is 1. The van der Waals surface area contributed by atoms with Gasteiger partial charge in [0.2, 0.25) is 0 Å². The topological polar surface area (TPSA) is 78.7 Å². The van der Waals surface area contributed by atoms with E-state index in [1.54, 1.807) is 17.0 Å². The van der Waals surface area contributed by atoms with Gasteiger partial charge in [-0.3, -0.25) is 9.69 Å². The number of nitrogens with two attached hydrogens (primary N) is 1. The van der Waals surface area contributed by atoms with Crippen LogP contribution in [0.2, 0.25) is 5.02 Å². The molecule has 0 aromatic heterocycles. The molecule has 2 aliphatic heterocycles. The summed E-state index contributed by atoms with van der Waals surface area (Å²) in [5.74, 6) is -0.0140. The summed E-state index contributed by atoms with van der Waals surface area (Å²) >= 11 is 6.17. The second-order valence-electron chi connectivity index (χ2n) is 7.63. The molecule has 2 aromatic carbocycles. The number of piperidine rings is 1. The highest BCUT2D eigenvalue weighted by molar-refractivity contribution is 6.33. The number of urea groups is 1. The number of nitrogens with zero attached hydrogens (tertiary/aromatic N) is 2. The third-order valence-electron chi connectivity index (χ3n) is 5.73. The van der Waals surface area contributed by atoms with Gasteiger partial charge in [-0.25, -0.2) is 4.79 Å². The number of nitrogens with one attached hydrogen (secondary N) is 1. The highest BCUT2D eigenvalue weighted by atomic mass is 35.5. The summed E-state index contributed by atoms with van der Waals surface area (Å²) in [5, 5.41) is 4.05. The van der Waals surface area contributed by atoms with Crippen molar-refractivity contribution in [3.63, 3.8) is 0 Å². The van der Waals surface area contributed by atoms with Crippen LogP contribution in [0.5, 0.6) is 0 Å². The molecular formula is C22H25ClN4O2. The van der Waals surface area contributed by atoms with E-state index in [0.29, 0.717) is 30.2 Å². The summed E-state index contributed by atoms with van der Waals surface area (Å²) in [6, 6.07) is 13.2. The van der Waals surface area contributed by atoms with E-state index in [1.807, 2.05) is 23.1 Å². The van der Waals surface area contributed by atoms with Crippen molar-refractivity contribution in [3.8, 4) is 0 Å². The Hall–Kier alpha value is -2.73. The molecule has 2 heterocycles. The Balaban J connectivity index is 1.39. The number of carbonyl (C=O) groups excluding carboxylic acids is 2. The molecule has 3 amide bonds. The molecular weight excluding hydrogens is 388 g/mol. The van der Waals surface area contributed by atoms with Gasteiger partial charge in [0.25, 0.3) is 5.91 Å². The van der Waals surface area contributed by atoms with Gasteiger partial charge in [0.1, 0.15) is 0 Å². The van der Waals surface area contributed by atoms with Crippen LogP contribution in [-0.2, 0) is 6.42 Å². The number of aryl methyl sites for hydroxylation is 1. The zero-order valence-corrected chi connectivity index (χ0v) is 17.0. The molecule has 4 rings (SSSR count). The van der Waals surface area contributed by atoms with Gasteiger partial charge in [0.05, 0.1) is 16.3 Å². The summed E-state index contributed by atoms with van der Waals surface area (Å²) in [6.45, 7) is 2.02. The normalized spacial score (nSPS) is 17.0. The standard InChI is InChI=1S/C22H25ClN4O2/c23-19-6-2-1-5-18(19)21(28)26-12-9-16(10-13-26)25-17-8-7-15-4-3-11-27(22(24)29)20(15)14-17/h1-2,5-8,14,16,25H,3-4,9-13H2,(H2,24,29). The molecule has 1 saturated heterocycles. The fourth-order valence-electron chi connectivity index (χ4n) is 4.16. The first-order chi connectivity index (χ1) is 14.0. The number of halogens is 1. The van der Waals surface area contributed by atoms with Crippen molar-refractivity contribution in [2.75, 3.05) is 29.9 Å². The minimum Gasteiger partial charge on any atom is -0.382 e. The first kappa shape index (κ1) is 19.6. The van der Waals surface area contributed by atoms with E-state index < -0.39 is 6.03 Å². The fourth-order valence-corrected chi connectivity index (χ4v) is 4.38. The Morgan fingerprint density at radius 3 is 2.55 bits per heavy atom. The molecule has 7 heteroatoms. The maximum absolute atomic E-state index is 12.7. The van der Waals surface area contributed by atoms with Crippen molar-refractivity contribution in [2.45, 2.75) is 31.7 Å². The van der Waals surface area contributed by atoms with E-state index in [2.05, 4.69) is 17.4 Å². The van der Waals surface area contributed by atoms with Crippen LogP contribution in [0.15, 0.2) is 42.5 Å². The quantitative estimate of drug-likeness (QED) is 0.802. The number of hydrogen-bond acceptors (Lipinski definition) is 3. The van der Waals surface area contributed by atoms with Crippen molar-refractivity contribution < 1.29 is 9.59 Å². The molecule has 6 nitrogen and oxygen atoms in total. The first-order valence-corrected chi connectivity index (χ1v) is 10.4. The van der Waals surface area contributed by atoms with E-state index >= 15 is 0 Å². The number of rotatable bonds is 3. The van der Waals surface area contributed by atoms with Gasteiger partial charge in [-0.2, -0.15) is 0 Å². The van der Waals surface area contributed by atoms with E-state index in [4.69, 9.17) is 17.3 Å². The summed E-state index contributed by atoms with van der Waals surface area (Å²) in [6.07, 6.45) is 3.60. The van der Waals surface area contributed by atoms with Crippen LogP contribution in [0.3, 0.4) is 0 Å². The van der Waals surface area contributed by atoms with Gasteiger partial charge in [-0.15, -0.1) is 0 Å². The summed E-state index contributed by atoms with van der Waals surface area (Å²) in [5.41, 5.74) is 9.13. The molecule has 2 aromatic rings. The van der Waals surface area contributed by atoms with E-state index in [-0.39, 0.29) is 11.9 Å². The Kier molecular flexibility index (Phi) is 5.62. The van der Waals surface area contributed by atoms with Crippen LogP contribution in [0.25, 0.3) is 0 Å². The molecule has 152 valence electrons. The predicted molar refractivity (Wildman–Crippen MR) is 116 cm³/mol. The van der Waals surface area contributed by atoms with Gasteiger partial charge in [-0.05, 0) is 55.5 Å². The minimum absolute atomic E-state index is 0.0140. The Morgan fingerprint density at radius 2 is 1.83 bits per heavy atom. The second-order valence-corrected chi connectivity index (χ2v) is 8.03. The van der Waals surface area contributed by atoms with Crippen LogP contribution < -0.4 is 16.0 Å². The third-order valence-corrected chi connectivity index (χ3v) is 6.06. The van der Waals surface area contributed by atoms with Gasteiger partial charge < -0.3 is 16.0 Å². The molecule has 0 aliphatic carbocycles. The Morgan fingerprint density at radius 1 is 1.07 bits per heavy atom. The monoisotopic (exact) mass is 412 g/mol. The van der Waals surface area contributed by atoms with Crippen molar-refractivity contribution in [1.29, 1.82) is 0 Å². The van der Waals surface area contributed by atoms with E-state index in [9.17, 15) is 9.59 Å². The second kappa shape index (κ2) is 8.33. The number of carbonyl (C=O) groups is 2. The van der Waals surface area contributed by atoms with E-state index in [1.165, 1.54) is 0 Å². The van der Waals surface area contributed by atoms with Crippen LogP contribution >= 0.6 is 11.6 Å². The van der Waals surface area contributed by atoms with Crippen molar-refractivity contribution in [3.05, 3.63) is 58.6 Å². The molecule has 0 unspecified atom stereocenters. The minimum atomic E-state index is -0.408. The molecule has 0 spiro atoms. The van der Waals surface area contributed by atoms with Crippen LogP contribution in [-0.4, -0.2) is 42.5 Å². The average Bonchev–Trinajstić information content (AvgIpc) is 2.73. The number of amides is 3. The average molecular weight is 413 g/mol. The van der Waals surface area contributed by atoms with Crippen LogP contribution in [0.1, 0.15) is 35.2 Å². The molecule has 0 bridgehead atoms. The highest BCUT2D eigenvalue weighted by Gasteiger charge is 2.26. The van der Waals surface area contributed by atoms with Crippen molar-refractivity contribution in [2.24, 2.45) is 5.73 Å². The zero-order chi connectivity index (χ0) is 20.4. The highest BCUT2D eigenvalue weighted by Crippen LogP contribution is 2.31. The van der Waals surface area contributed by atoms with Gasteiger partial charge >= 0.3 is 6.03 Å². The van der Waals surface area contributed by atoms with Crippen molar-refractivity contribution in [1.82, 2.24) is 4.90 Å². The van der Waals surface area contributed by atoms with Crippen LogP contribution in [0.4, 0.5) is 16.2 Å². The van der Waals surface area contributed by atoms with Gasteiger partial charge in [0, 0.05) is 31.4 Å². The lowest BCUT2D eigenvalue weighted by molar-refractivity contribution is 0.0718. The zero-order valence-electron chi connectivity index (χ0n) is 16.2. The summed E-state index contributed by atoms with van der Waals surface area (Å²) in [4.78, 5) is 28.0. The number of likely N-dealkylation sites (tertiary alicyclic amines) is 1. The molecule has 2 aliphatic rings. The van der Waals surface area contributed by atoms with Crippen molar-refractivity contribution >= 4 is 34.9 Å². The largest absolute Gasteiger partial charge is 0.382 e. The number of hydrogen-bond donors (Lipinski definition) is 2. The number of benzene rings is 2. The SMILES string of the molecule is NC(=O)N1CCCc2ccc(NC3CCN(C(=O)c4ccccc4Cl)CC3)cc21. The predicted octanol–water partition coefficient (Wildman–Crippen LogP) is 3.89. The van der Waals surface area contributed by atoms with E-state index in [0.717, 1.165) is 42.6 Å². The molecule has 1 fully saturated rings. The lowest BCUT2D eigenvalue weighted by Gasteiger charge is -2.34.